The van der Waals surface area contributed by atoms with E-state index in [0.717, 1.165) is 35.5 Å². The maximum absolute atomic E-state index is 12.8. The third-order valence-electron chi connectivity index (χ3n) is 6.65. The van der Waals surface area contributed by atoms with E-state index in [1.54, 1.807) is 25.2 Å². The molecule has 2 heterocycles. The number of cyclic esters (lactones) is 1. The summed E-state index contributed by atoms with van der Waals surface area (Å²) in [6, 6.07) is 0. The summed E-state index contributed by atoms with van der Waals surface area (Å²) < 4.78 is 5.76. The number of Topliss-reactive ketones (excluding diaryl/α,β-unsaturated/α-hetero) is 1. The molecule has 0 aliphatic carbocycles. The van der Waals surface area contributed by atoms with Gasteiger partial charge in [0, 0.05) is 23.6 Å². The van der Waals surface area contributed by atoms with E-state index in [9.17, 15) is 19.8 Å². The molecular formula is C26H39NO5S. The third-order valence-corrected chi connectivity index (χ3v) is 7.44. The van der Waals surface area contributed by atoms with Crippen molar-refractivity contribution in [3.63, 3.8) is 0 Å². The van der Waals surface area contributed by atoms with Crippen molar-refractivity contribution in [3.05, 3.63) is 33.3 Å². The van der Waals surface area contributed by atoms with Gasteiger partial charge in [-0.1, -0.05) is 32.4 Å². The van der Waals surface area contributed by atoms with Gasteiger partial charge in [-0.3, -0.25) is 9.59 Å². The molecule has 7 heteroatoms. The van der Waals surface area contributed by atoms with Gasteiger partial charge >= 0.3 is 5.97 Å². The molecule has 2 rings (SSSR count). The Bertz CT molecular complexity index is 874. The Labute approximate surface area is 201 Å². The monoisotopic (exact) mass is 477 g/mol. The van der Waals surface area contributed by atoms with E-state index in [2.05, 4.69) is 18.0 Å². The Balaban J connectivity index is 2.27. The van der Waals surface area contributed by atoms with Crippen LogP contribution in [-0.4, -0.2) is 45.3 Å². The number of rotatable bonds is 2. The second-order valence-corrected chi connectivity index (χ2v) is 10.6. The minimum atomic E-state index is -1.16. The number of allylic oxidation sites excluding steroid dienone is 1. The van der Waals surface area contributed by atoms with E-state index in [0.29, 0.717) is 6.42 Å². The van der Waals surface area contributed by atoms with Crippen LogP contribution in [0.25, 0.3) is 6.08 Å². The number of aliphatic hydroxyl groups excluding tert-OH is 2. The fraction of sp³-hybridized carbons (Fsp3) is 0.654. The van der Waals surface area contributed by atoms with Gasteiger partial charge in [0.15, 0.2) is 0 Å². The number of esters is 1. The first-order valence-electron chi connectivity index (χ1n) is 11.8. The van der Waals surface area contributed by atoms with Gasteiger partial charge in [-0.05, 0) is 57.6 Å². The molecule has 0 bridgehead atoms. The van der Waals surface area contributed by atoms with E-state index in [1.807, 2.05) is 32.2 Å². The van der Waals surface area contributed by atoms with Crippen molar-refractivity contribution >= 4 is 29.2 Å². The summed E-state index contributed by atoms with van der Waals surface area (Å²) >= 11 is 1.56. The van der Waals surface area contributed by atoms with Gasteiger partial charge < -0.3 is 14.9 Å². The Kier molecular flexibility index (Phi) is 10.5. The van der Waals surface area contributed by atoms with Crippen LogP contribution >= 0.6 is 11.3 Å². The highest BCUT2D eigenvalue weighted by Gasteiger charge is 2.34. The van der Waals surface area contributed by atoms with E-state index in [4.69, 9.17) is 4.74 Å². The highest BCUT2D eigenvalue weighted by Crippen LogP contribution is 2.26. The van der Waals surface area contributed by atoms with Crippen LogP contribution < -0.4 is 0 Å². The van der Waals surface area contributed by atoms with Crippen LogP contribution in [0.1, 0.15) is 77.4 Å². The van der Waals surface area contributed by atoms with E-state index >= 15 is 0 Å². The van der Waals surface area contributed by atoms with Crippen molar-refractivity contribution in [1.82, 2.24) is 4.98 Å². The van der Waals surface area contributed by atoms with Crippen LogP contribution in [0.15, 0.2) is 22.6 Å². The van der Waals surface area contributed by atoms with Crippen molar-refractivity contribution in [2.24, 2.45) is 17.8 Å². The molecule has 0 fully saturated rings. The summed E-state index contributed by atoms with van der Waals surface area (Å²) in [5, 5.41) is 24.1. The average molecular weight is 478 g/mol. The molecule has 33 heavy (non-hydrogen) atoms. The molecular weight excluding hydrogens is 438 g/mol. The lowest BCUT2D eigenvalue weighted by Crippen LogP contribution is -2.39. The Hall–Kier alpha value is -1.83. The van der Waals surface area contributed by atoms with Crippen LogP contribution in [0, 0.1) is 24.7 Å². The zero-order chi connectivity index (χ0) is 24.7. The lowest BCUT2D eigenvalue weighted by atomic mass is 9.81. The number of ketones is 1. The molecule has 0 radical (unpaired) electrons. The maximum Gasteiger partial charge on any atom is 0.309 e. The van der Waals surface area contributed by atoms with Gasteiger partial charge in [-0.15, -0.1) is 11.3 Å². The minimum absolute atomic E-state index is 0.0292. The molecule has 0 amide bonds. The number of ether oxygens (including phenoxy) is 1. The van der Waals surface area contributed by atoms with Gasteiger partial charge in [0.25, 0.3) is 0 Å². The molecule has 184 valence electrons. The molecule has 1 aliphatic heterocycles. The Morgan fingerprint density at radius 1 is 1.18 bits per heavy atom. The maximum atomic E-state index is 12.8. The summed E-state index contributed by atoms with van der Waals surface area (Å²) in [5.74, 6) is -2.18. The SMILES string of the molecule is C/C1=C/C[C@@H](/C(C)=C/c2csc(C)n2)OC(=O)C[C@H](O)[C@H](C)C(=O)[C@H](C)[C@@H](O)[C@@H](C)CCC1. The van der Waals surface area contributed by atoms with Gasteiger partial charge in [0.05, 0.1) is 29.3 Å². The van der Waals surface area contributed by atoms with Crippen molar-refractivity contribution in [2.45, 2.75) is 92.0 Å². The number of hydrogen-bond acceptors (Lipinski definition) is 7. The summed E-state index contributed by atoms with van der Waals surface area (Å²) in [6.45, 7) is 11.2. The molecule has 1 aromatic heterocycles. The lowest BCUT2D eigenvalue weighted by Gasteiger charge is -2.28. The first-order chi connectivity index (χ1) is 15.5. The molecule has 0 unspecified atom stereocenters. The highest BCUT2D eigenvalue weighted by molar-refractivity contribution is 7.09. The summed E-state index contributed by atoms with van der Waals surface area (Å²) in [5.41, 5.74) is 2.90. The van der Waals surface area contributed by atoms with Gasteiger partial charge in [-0.25, -0.2) is 4.98 Å². The van der Waals surface area contributed by atoms with Crippen LogP contribution in [0.5, 0.6) is 0 Å². The first kappa shape index (κ1) is 27.4. The first-order valence-corrected chi connectivity index (χ1v) is 12.7. The number of hydrogen-bond donors (Lipinski definition) is 2. The zero-order valence-electron chi connectivity index (χ0n) is 20.7. The topological polar surface area (TPSA) is 96.7 Å². The number of aliphatic hydroxyl groups is 2. The van der Waals surface area contributed by atoms with Crippen LogP contribution in [0.4, 0.5) is 0 Å². The zero-order valence-corrected chi connectivity index (χ0v) is 21.5. The molecule has 0 saturated carbocycles. The average Bonchev–Trinajstić information content (AvgIpc) is 3.17. The van der Waals surface area contributed by atoms with Crippen molar-refractivity contribution in [1.29, 1.82) is 0 Å². The fourth-order valence-corrected chi connectivity index (χ4v) is 4.77. The largest absolute Gasteiger partial charge is 0.457 e. The Morgan fingerprint density at radius 3 is 2.52 bits per heavy atom. The molecule has 0 spiro atoms. The smallest absolute Gasteiger partial charge is 0.309 e. The summed E-state index contributed by atoms with van der Waals surface area (Å²) in [7, 11) is 0. The predicted octanol–water partition coefficient (Wildman–Crippen LogP) is 4.88. The predicted molar refractivity (Wildman–Crippen MR) is 132 cm³/mol. The van der Waals surface area contributed by atoms with Crippen molar-refractivity contribution in [2.75, 3.05) is 0 Å². The second-order valence-electron chi connectivity index (χ2n) is 9.56. The molecule has 2 N–H and O–H groups in total. The van der Waals surface area contributed by atoms with Gasteiger partial charge in [0.1, 0.15) is 11.9 Å². The Morgan fingerprint density at radius 2 is 1.88 bits per heavy atom. The number of carbonyl (C=O) groups is 2. The molecule has 1 aliphatic rings. The lowest BCUT2D eigenvalue weighted by molar-refractivity contribution is -0.151. The van der Waals surface area contributed by atoms with Crippen LogP contribution in [-0.2, 0) is 14.3 Å². The minimum Gasteiger partial charge on any atom is -0.457 e. The van der Waals surface area contributed by atoms with Crippen molar-refractivity contribution in [3.8, 4) is 0 Å². The normalized spacial score (nSPS) is 33.3. The summed E-state index contributed by atoms with van der Waals surface area (Å²) in [6.07, 6.45) is 4.46. The number of carbonyl (C=O) groups excluding carboxylic acids is 2. The second kappa shape index (κ2) is 12.6. The van der Waals surface area contributed by atoms with Crippen LogP contribution in [0.2, 0.25) is 0 Å². The standard InChI is InChI=1S/C26H39NO5S/c1-15-8-7-9-16(2)25(30)19(5)26(31)18(4)22(28)13-24(29)32-23(11-10-15)17(3)12-21-14-33-20(6)27-21/h10,12,14,16,18-19,22-23,25,28,30H,7-9,11,13H2,1-6H3/b15-10-,17-12+/t16-,18-,19+,22-,23-,25-/m0/s1. The number of nitrogens with zero attached hydrogens (tertiary/aromatic N) is 1. The van der Waals surface area contributed by atoms with E-state index in [-0.39, 0.29) is 18.1 Å². The number of aromatic nitrogens is 1. The van der Waals surface area contributed by atoms with Crippen LogP contribution in [0.3, 0.4) is 0 Å². The fourth-order valence-electron chi connectivity index (χ4n) is 4.20. The van der Waals surface area contributed by atoms with E-state index < -0.39 is 36.1 Å². The van der Waals surface area contributed by atoms with E-state index in [1.165, 1.54) is 5.57 Å². The number of thiazole rings is 1. The van der Waals surface area contributed by atoms with Gasteiger partial charge in [-0.2, -0.15) is 0 Å². The number of aryl methyl sites for hydroxylation is 1. The molecule has 6 nitrogen and oxygen atoms in total. The summed E-state index contributed by atoms with van der Waals surface area (Å²) in [4.78, 5) is 30.0. The third kappa shape index (κ3) is 8.16. The molecule has 0 saturated heterocycles. The molecule has 1 aromatic rings. The quantitative estimate of drug-likeness (QED) is 0.466. The molecule has 0 aromatic carbocycles. The molecule has 6 atom stereocenters. The highest BCUT2D eigenvalue weighted by atomic mass is 32.1. The van der Waals surface area contributed by atoms with Crippen molar-refractivity contribution < 1.29 is 24.5 Å². The van der Waals surface area contributed by atoms with Gasteiger partial charge in [0.2, 0.25) is 0 Å².